The lowest BCUT2D eigenvalue weighted by atomic mass is 10.0. The van der Waals surface area contributed by atoms with Crippen molar-refractivity contribution in [1.82, 2.24) is 4.57 Å². The zero-order valence-corrected chi connectivity index (χ0v) is 17.6. The summed E-state index contributed by atoms with van der Waals surface area (Å²) >= 11 is 0. The van der Waals surface area contributed by atoms with Gasteiger partial charge in [-0.1, -0.05) is 30.4 Å². The van der Waals surface area contributed by atoms with Gasteiger partial charge < -0.3 is 9.30 Å². The molecule has 1 aromatic heterocycles. The summed E-state index contributed by atoms with van der Waals surface area (Å²) in [5.41, 5.74) is 3.26. The van der Waals surface area contributed by atoms with Crippen molar-refractivity contribution >= 4 is 36.6 Å². The van der Waals surface area contributed by atoms with Crippen molar-refractivity contribution in [1.29, 1.82) is 0 Å². The molecule has 5 nitrogen and oxygen atoms in total. The average molecular weight is 438 g/mol. The molecular formula is C21H21ClFNO4S. The molecule has 1 heterocycles. The molecule has 1 atom stereocenters. The highest BCUT2D eigenvalue weighted by Gasteiger charge is 2.20. The maximum atomic E-state index is 13.9. The molecule has 154 valence electrons. The molecule has 0 aliphatic heterocycles. The lowest BCUT2D eigenvalue weighted by Crippen LogP contribution is -2.14. The van der Waals surface area contributed by atoms with Crippen molar-refractivity contribution in [3.63, 3.8) is 0 Å². The third kappa shape index (κ3) is 4.79. The van der Waals surface area contributed by atoms with Gasteiger partial charge in [0.05, 0.1) is 6.61 Å². The number of esters is 1. The molecule has 0 bridgehead atoms. The SMILES string of the molecule is CCOC(=O)Cn1c(C)c(CC2=CC=CC(S(=O)(=O)Cl)C=C2)c2cc(F)ccc21. The summed E-state index contributed by atoms with van der Waals surface area (Å²) in [6.07, 6.45) is 8.61. The molecule has 29 heavy (non-hydrogen) atoms. The van der Waals surface area contributed by atoms with Crippen LogP contribution in [0.25, 0.3) is 10.9 Å². The minimum atomic E-state index is -3.75. The molecule has 2 aromatic rings. The minimum Gasteiger partial charge on any atom is -0.465 e. The Morgan fingerprint density at radius 2 is 2.07 bits per heavy atom. The van der Waals surface area contributed by atoms with Crippen LogP contribution in [-0.4, -0.2) is 30.8 Å². The van der Waals surface area contributed by atoms with E-state index in [1.807, 2.05) is 11.5 Å². The minimum absolute atomic E-state index is 0.0309. The quantitative estimate of drug-likeness (QED) is 0.502. The van der Waals surface area contributed by atoms with Gasteiger partial charge in [0.15, 0.2) is 0 Å². The summed E-state index contributed by atoms with van der Waals surface area (Å²) in [6.45, 7) is 3.93. The fraction of sp³-hybridized carbons (Fsp3) is 0.286. The van der Waals surface area contributed by atoms with Crippen molar-refractivity contribution < 1.29 is 22.3 Å². The fourth-order valence-electron chi connectivity index (χ4n) is 3.42. The van der Waals surface area contributed by atoms with E-state index in [0.29, 0.717) is 11.8 Å². The Labute approximate surface area is 173 Å². The molecule has 3 rings (SSSR count). The second kappa shape index (κ2) is 8.55. The van der Waals surface area contributed by atoms with E-state index in [2.05, 4.69) is 0 Å². The second-order valence-electron chi connectivity index (χ2n) is 6.72. The van der Waals surface area contributed by atoms with Gasteiger partial charge >= 0.3 is 5.97 Å². The van der Waals surface area contributed by atoms with Crippen LogP contribution in [-0.2, 0) is 31.5 Å². The molecule has 0 saturated heterocycles. The van der Waals surface area contributed by atoms with Gasteiger partial charge in [-0.25, -0.2) is 12.8 Å². The summed E-state index contributed by atoms with van der Waals surface area (Å²) in [6, 6.07) is 4.45. The lowest BCUT2D eigenvalue weighted by Gasteiger charge is -2.08. The van der Waals surface area contributed by atoms with E-state index >= 15 is 0 Å². The number of aromatic nitrogens is 1. The van der Waals surface area contributed by atoms with E-state index in [1.165, 1.54) is 24.3 Å². The van der Waals surface area contributed by atoms with Gasteiger partial charge in [-0.05, 0) is 49.6 Å². The topological polar surface area (TPSA) is 65.4 Å². The molecule has 0 radical (unpaired) electrons. The van der Waals surface area contributed by atoms with Gasteiger partial charge in [-0.3, -0.25) is 4.79 Å². The Hall–Kier alpha value is -2.38. The molecule has 1 aliphatic carbocycles. The number of fused-ring (bicyclic) bond motifs is 1. The highest BCUT2D eigenvalue weighted by Crippen LogP contribution is 2.30. The van der Waals surface area contributed by atoms with E-state index in [1.54, 1.807) is 31.2 Å². The Morgan fingerprint density at radius 3 is 2.76 bits per heavy atom. The number of benzene rings is 1. The molecule has 0 fully saturated rings. The van der Waals surface area contributed by atoms with Crippen LogP contribution in [0.15, 0.2) is 54.2 Å². The van der Waals surface area contributed by atoms with Crippen LogP contribution < -0.4 is 0 Å². The van der Waals surface area contributed by atoms with Gasteiger partial charge in [0.2, 0.25) is 9.05 Å². The van der Waals surface area contributed by atoms with Crippen LogP contribution in [0.5, 0.6) is 0 Å². The number of carbonyl (C=O) groups is 1. The summed E-state index contributed by atoms with van der Waals surface area (Å²) in [5, 5.41) is -0.197. The van der Waals surface area contributed by atoms with Gasteiger partial charge in [-0.15, -0.1) is 0 Å². The van der Waals surface area contributed by atoms with Crippen LogP contribution in [0.2, 0.25) is 0 Å². The number of allylic oxidation sites excluding steroid dienone is 4. The van der Waals surface area contributed by atoms with Gasteiger partial charge in [-0.2, -0.15) is 0 Å². The predicted molar refractivity (Wildman–Crippen MR) is 112 cm³/mol. The fourth-order valence-corrected chi connectivity index (χ4v) is 4.32. The molecule has 0 spiro atoms. The summed E-state index contributed by atoms with van der Waals surface area (Å²) in [4.78, 5) is 12.0. The number of hydrogen-bond donors (Lipinski definition) is 0. The first-order chi connectivity index (χ1) is 13.7. The molecular weight excluding hydrogens is 417 g/mol. The molecule has 8 heteroatoms. The first-order valence-electron chi connectivity index (χ1n) is 9.12. The monoisotopic (exact) mass is 437 g/mol. The van der Waals surface area contributed by atoms with Crippen molar-refractivity contribution in [3.8, 4) is 0 Å². The van der Waals surface area contributed by atoms with E-state index < -0.39 is 14.3 Å². The van der Waals surface area contributed by atoms with Crippen LogP contribution in [0, 0.1) is 12.7 Å². The standard InChI is InChI=1S/C21H21ClFNO4S/c1-3-28-21(25)13-24-14(2)18(19-12-16(23)8-10-20(19)24)11-15-5-4-6-17(9-7-15)29(22,26)27/h4-10,12,17H,3,11,13H2,1-2H3. The van der Waals surface area contributed by atoms with E-state index in [4.69, 9.17) is 15.4 Å². The molecule has 1 aromatic carbocycles. The summed E-state index contributed by atoms with van der Waals surface area (Å²) in [5.74, 6) is -0.735. The normalized spacial score (nSPS) is 16.7. The number of halogens is 2. The number of ether oxygens (including phenoxy) is 1. The van der Waals surface area contributed by atoms with E-state index in [-0.39, 0.29) is 24.9 Å². The smallest absolute Gasteiger partial charge is 0.325 e. The molecule has 0 amide bonds. The average Bonchev–Trinajstić information content (AvgIpc) is 2.81. The Morgan fingerprint density at radius 1 is 1.31 bits per heavy atom. The number of nitrogens with zero attached hydrogens (tertiary/aromatic N) is 1. The van der Waals surface area contributed by atoms with Crippen molar-refractivity contribution in [3.05, 3.63) is 71.2 Å². The van der Waals surface area contributed by atoms with Crippen LogP contribution >= 0.6 is 10.7 Å². The highest BCUT2D eigenvalue weighted by molar-refractivity contribution is 8.14. The first kappa shape index (κ1) is 21.3. The Bertz CT molecular complexity index is 1150. The number of carbonyl (C=O) groups excluding carboxylic acids is 1. The molecule has 1 unspecified atom stereocenters. The largest absolute Gasteiger partial charge is 0.465 e. The second-order valence-corrected chi connectivity index (χ2v) is 9.51. The maximum absolute atomic E-state index is 13.9. The van der Waals surface area contributed by atoms with E-state index in [9.17, 15) is 17.6 Å². The Balaban J connectivity index is 2.00. The molecule has 1 aliphatic rings. The van der Waals surface area contributed by atoms with Crippen LogP contribution in [0.3, 0.4) is 0 Å². The number of hydrogen-bond acceptors (Lipinski definition) is 4. The van der Waals surface area contributed by atoms with Crippen molar-refractivity contribution in [2.24, 2.45) is 0 Å². The molecule has 0 N–H and O–H groups in total. The van der Waals surface area contributed by atoms with Gasteiger partial charge in [0, 0.05) is 27.3 Å². The van der Waals surface area contributed by atoms with Crippen LogP contribution in [0.4, 0.5) is 4.39 Å². The van der Waals surface area contributed by atoms with Gasteiger partial charge in [0.25, 0.3) is 0 Å². The lowest BCUT2D eigenvalue weighted by molar-refractivity contribution is -0.143. The Kier molecular flexibility index (Phi) is 6.29. The summed E-state index contributed by atoms with van der Waals surface area (Å²) in [7, 11) is 1.70. The maximum Gasteiger partial charge on any atom is 0.325 e. The zero-order chi connectivity index (χ0) is 21.2. The van der Waals surface area contributed by atoms with Crippen molar-refractivity contribution in [2.45, 2.75) is 32.1 Å². The van der Waals surface area contributed by atoms with Crippen LogP contribution in [0.1, 0.15) is 18.2 Å². The van der Waals surface area contributed by atoms with E-state index in [0.717, 1.165) is 22.3 Å². The van der Waals surface area contributed by atoms with Gasteiger partial charge in [0.1, 0.15) is 17.6 Å². The molecule has 0 saturated carbocycles. The van der Waals surface area contributed by atoms with Crippen molar-refractivity contribution in [2.75, 3.05) is 6.61 Å². The number of rotatable bonds is 6. The third-order valence-electron chi connectivity index (χ3n) is 4.83. The highest BCUT2D eigenvalue weighted by atomic mass is 35.7. The first-order valence-corrected chi connectivity index (χ1v) is 11.5. The third-order valence-corrected chi connectivity index (χ3v) is 6.41. The summed E-state index contributed by atoms with van der Waals surface area (Å²) < 4.78 is 44.0. The predicted octanol–water partition coefficient (Wildman–Crippen LogP) is 4.18. The zero-order valence-electron chi connectivity index (χ0n) is 16.1.